The molecule has 0 aromatic heterocycles. The Morgan fingerprint density at radius 2 is 1.71 bits per heavy atom. The molecule has 0 saturated carbocycles. The van der Waals surface area contributed by atoms with Crippen molar-refractivity contribution in [1.29, 1.82) is 0 Å². The van der Waals surface area contributed by atoms with E-state index in [2.05, 4.69) is 19.2 Å². The number of anilines is 1. The predicted molar refractivity (Wildman–Crippen MR) is 133 cm³/mol. The van der Waals surface area contributed by atoms with Gasteiger partial charge >= 0.3 is 0 Å². The van der Waals surface area contributed by atoms with Crippen LogP contribution in [0.4, 0.5) is 5.69 Å². The second-order valence-electron chi connectivity index (χ2n) is 9.84. The molecule has 0 spiro atoms. The van der Waals surface area contributed by atoms with Crippen LogP contribution in [0.5, 0.6) is 0 Å². The van der Waals surface area contributed by atoms with Crippen LogP contribution in [0.3, 0.4) is 0 Å². The van der Waals surface area contributed by atoms with E-state index in [-0.39, 0.29) is 30.8 Å². The van der Waals surface area contributed by atoms with E-state index in [1.807, 2.05) is 73.6 Å². The molecule has 8 heteroatoms. The lowest BCUT2D eigenvalue weighted by atomic mass is 9.90. The van der Waals surface area contributed by atoms with E-state index in [4.69, 9.17) is 4.84 Å². The smallest absolute Gasteiger partial charge is 0.261 e. The van der Waals surface area contributed by atoms with Crippen LogP contribution in [0.25, 0.3) is 0 Å². The molecule has 3 unspecified atom stereocenters. The molecular weight excluding hydrogens is 444 g/mol. The molecule has 2 aliphatic heterocycles. The van der Waals surface area contributed by atoms with Gasteiger partial charge in [0.1, 0.15) is 6.54 Å². The summed E-state index contributed by atoms with van der Waals surface area (Å²) in [5.41, 5.74) is 2.73. The van der Waals surface area contributed by atoms with Gasteiger partial charge in [0, 0.05) is 26.3 Å². The fourth-order valence-electron chi connectivity index (χ4n) is 4.63. The van der Waals surface area contributed by atoms with Gasteiger partial charge in [-0.2, -0.15) is 5.06 Å². The molecule has 3 atom stereocenters. The summed E-state index contributed by atoms with van der Waals surface area (Å²) in [5.74, 6) is -1.05. The normalized spacial score (nSPS) is 22.1. The third kappa shape index (κ3) is 5.39. The number of nitrogens with zero attached hydrogens (tertiary/aromatic N) is 3. The van der Waals surface area contributed by atoms with E-state index < -0.39 is 18.1 Å². The number of benzene rings is 2. The zero-order chi connectivity index (χ0) is 25.1. The molecule has 0 aliphatic carbocycles. The van der Waals surface area contributed by atoms with Crippen LogP contribution < -0.4 is 10.2 Å². The number of rotatable bonds is 9. The third-order valence-electron chi connectivity index (χ3n) is 6.56. The molecule has 35 heavy (non-hydrogen) atoms. The van der Waals surface area contributed by atoms with Gasteiger partial charge in [-0.15, -0.1) is 0 Å². The van der Waals surface area contributed by atoms with Crippen LogP contribution >= 0.6 is 0 Å². The van der Waals surface area contributed by atoms with Crippen molar-refractivity contribution in [1.82, 2.24) is 15.3 Å². The average Bonchev–Trinajstić information content (AvgIpc) is 3.30. The maximum absolute atomic E-state index is 13.5. The van der Waals surface area contributed by atoms with Gasteiger partial charge in [-0.25, -0.2) is 0 Å². The Bertz CT molecular complexity index is 1050. The highest BCUT2D eigenvalue weighted by Crippen LogP contribution is 2.45. The summed E-state index contributed by atoms with van der Waals surface area (Å²) >= 11 is 0. The number of hydrogen-bond acceptors (Lipinski definition) is 6. The molecule has 2 aromatic rings. The number of nitrogens with one attached hydrogen (secondary N) is 1. The number of hydrogen-bond donors (Lipinski definition) is 1. The predicted octanol–water partition coefficient (Wildman–Crippen LogP) is 2.76. The van der Waals surface area contributed by atoms with Crippen LogP contribution in [0.1, 0.15) is 37.4 Å². The van der Waals surface area contributed by atoms with Gasteiger partial charge < -0.3 is 10.2 Å². The Kier molecular flexibility index (Phi) is 7.52. The highest BCUT2D eigenvalue weighted by atomic mass is 16.7. The number of likely N-dealkylation sites (tertiary alicyclic amines) is 1. The number of fused-ring (bicyclic) bond motifs is 1. The van der Waals surface area contributed by atoms with Gasteiger partial charge in [-0.05, 0) is 35.6 Å². The van der Waals surface area contributed by atoms with E-state index >= 15 is 0 Å². The minimum absolute atomic E-state index is 0.0512. The van der Waals surface area contributed by atoms with Gasteiger partial charge in [0.25, 0.3) is 5.91 Å². The van der Waals surface area contributed by atoms with Crippen molar-refractivity contribution in [3.05, 3.63) is 65.7 Å². The van der Waals surface area contributed by atoms with Gasteiger partial charge in [0.15, 0.2) is 6.10 Å². The lowest BCUT2D eigenvalue weighted by Crippen LogP contribution is -2.41. The number of amides is 3. The maximum Gasteiger partial charge on any atom is 0.261 e. The maximum atomic E-state index is 13.5. The first-order valence-electron chi connectivity index (χ1n) is 12.1. The quantitative estimate of drug-likeness (QED) is 0.558. The minimum Gasteiger partial charge on any atom is -0.378 e. The molecule has 0 bridgehead atoms. The Balaban J connectivity index is 1.57. The largest absolute Gasteiger partial charge is 0.378 e. The molecule has 8 nitrogen and oxygen atoms in total. The van der Waals surface area contributed by atoms with E-state index in [1.165, 1.54) is 9.96 Å². The van der Waals surface area contributed by atoms with Crippen molar-refractivity contribution >= 4 is 23.4 Å². The second kappa shape index (κ2) is 10.6. The Labute approximate surface area is 206 Å². The van der Waals surface area contributed by atoms with Crippen LogP contribution in [-0.4, -0.2) is 61.0 Å². The highest BCUT2D eigenvalue weighted by molar-refractivity contribution is 6.07. The summed E-state index contributed by atoms with van der Waals surface area (Å²) in [6, 6.07) is 16.7. The third-order valence-corrected chi connectivity index (χ3v) is 6.56. The van der Waals surface area contributed by atoms with Gasteiger partial charge in [-0.3, -0.25) is 24.1 Å². The first kappa shape index (κ1) is 24.9. The summed E-state index contributed by atoms with van der Waals surface area (Å²) in [6.07, 6.45) is -0.0631. The van der Waals surface area contributed by atoms with Crippen LogP contribution in [-0.2, 0) is 25.8 Å². The van der Waals surface area contributed by atoms with E-state index in [0.717, 1.165) is 23.2 Å². The molecule has 2 aliphatic rings. The van der Waals surface area contributed by atoms with Crippen LogP contribution in [0.2, 0.25) is 0 Å². The van der Waals surface area contributed by atoms with Gasteiger partial charge in [-0.1, -0.05) is 56.3 Å². The lowest BCUT2D eigenvalue weighted by Gasteiger charge is -2.27. The summed E-state index contributed by atoms with van der Waals surface area (Å²) in [5, 5.41) is 4.43. The first-order valence-corrected chi connectivity index (χ1v) is 12.1. The number of hydroxylamine groups is 2. The first-order chi connectivity index (χ1) is 16.8. The highest BCUT2D eigenvalue weighted by Gasteiger charge is 2.59. The topological polar surface area (TPSA) is 82.2 Å². The zero-order valence-corrected chi connectivity index (χ0v) is 20.8. The van der Waals surface area contributed by atoms with E-state index in [1.54, 1.807) is 0 Å². The average molecular weight is 479 g/mol. The fraction of sp³-hybridized carbons (Fsp3) is 0.444. The Morgan fingerprint density at radius 1 is 1.03 bits per heavy atom. The van der Waals surface area contributed by atoms with Crippen molar-refractivity contribution in [3.8, 4) is 0 Å². The zero-order valence-electron chi connectivity index (χ0n) is 20.8. The summed E-state index contributed by atoms with van der Waals surface area (Å²) in [7, 11) is 3.91. The van der Waals surface area contributed by atoms with Crippen molar-refractivity contribution in [2.24, 2.45) is 11.8 Å². The molecule has 2 saturated heterocycles. The van der Waals surface area contributed by atoms with Crippen molar-refractivity contribution in [3.63, 3.8) is 0 Å². The number of carbonyl (C=O) groups is 3. The van der Waals surface area contributed by atoms with Crippen molar-refractivity contribution in [2.75, 3.05) is 32.1 Å². The van der Waals surface area contributed by atoms with E-state index in [0.29, 0.717) is 12.5 Å². The minimum atomic E-state index is -0.937. The Hall–Kier alpha value is -3.23. The molecular formula is C27H34N4O4. The Morgan fingerprint density at radius 3 is 2.34 bits per heavy atom. The van der Waals surface area contributed by atoms with Crippen LogP contribution in [0.15, 0.2) is 54.6 Å². The molecule has 2 aromatic carbocycles. The standard InChI is InChI=1S/C27H34N4O4/c1-18(2)14-15-28-22(32)17-31-24(20-10-12-21(13-11-20)29(3)4)23-25(35-31)27(34)30(26(23)33)16-19-8-6-5-7-9-19/h5-13,18,23-25H,14-17H2,1-4H3,(H,28,32). The number of carbonyl (C=O) groups excluding carboxylic acids is 3. The SMILES string of the molecule is CC(C)CCNC(=O)CN1OC2C(=O)N(Cc3ccccc3)C(=O)C2C1c1ccc(N(C)C)cc1. The van der Waals surface area contributed by atoms with Gasteiger partial charge in [0.05, 0.1) is 18.5 Å². The molecule has 2 fully saturated rings. The molecule has 2 heterocycles. The molecule has 3 amide bonds. The summed E-state index contributed by atoms with van der Waals surface area (Å²) in [6.45, 7) is 4.93. The van der Waals surface area contributed by atoms with Crippen molar-refractivity contribution < 1.29 is 19.2 Å². The monoisotopic (exact) mass is 478 g/mol. The summed E-state index contributed by atoms with van der Waals surface area (Å²) in [4.78, 5) is 48.7. The van der Waals surface area contributed by atoms with E-state index in [9.17, 15) is 14.4 Å². The molecule has 4 rings (SSSR count). The molecule has 186 valence electrons. The van der Waals surface area contributed by atoms with Gasteiger partial charge in [0.2, 0.25) is 11.8 Å². The summed E-state index contributed by atoms with van der Waals surface area (Å²) < 4.78 is 0. The second-order valence-corrected chi connectivity index (χ2v) is 9.84. The molecule has 1 N–H and O–H groups in total. The number of imide groups is 1. The van der Waals surface area contributed by atoms with Crippen LogP contribution in [0, 0.1) is 11.8 Å². The van der Waals surface area contributed by atoms with Crippen molar-refractivity contribution in [2.45, 2.75) is 39.0 Å². The fourth-order valence-corrected chi connectivity index (χ4v) is 4.63. The lowest BCUT2D eigenvalue weighted by molar-refractivity contribution is -0.182. The molecule has 0 radical (unpaired) electrons.